The summed E-state index contributed by atoms with van der Waals surface area (Å²) in [4.78, 5) is 176. The molecule has 4 aromatic carbocycles. The van der Waals surface area contributed by atoms with Crippen LogP contribution in [0.3, 0.4) is 0 Å². The Morgan fingerprint density at radius 3 is 1.05 bits per heavy atom. The van der Waals surface area contributed by atoms with Crippen LogP contribution in [0.5, 0.6) is 0 Å². The van der Waals surface area contributed by atoms with Gasteiger partial charge in [-0.2, -0.15) is 0 Å². The van der Waals surface area contributed by atoms with Crippen molar-refractivity contribution in [2.45, 2.75) is 278 Å². The van der Waals surface area contributed by atoms with Gasteiger partial charge in [-0.25, -0.2) is 0 Å². The van der Waals surface area contributed by atoms with Crippen molar-refractivity contribution in [3.8, 4) is 0 Å². The molecule has 622 valence electrons. The average Bonchev–Trinajstić information content (AvgIpc) is 1.65. The van der Waals surface area contributed by atoms with Crippen molar-refractivity contribution in [2.75, 3.05) is 26.2 Å². The van der Waals surface area contributed by atoms with Crippen molar-refractivity contribution in [3.05, 3.63) is 142 Å². The molecule has 0 aromatic heterocycles. The second-order valence-corrected chi connectivity index (χ2v) is 39.5. The molecule has 5 aliphatic heterocycles. The van der Waals surface area contributed by atoms with E-state index in [-0.39, 0.29) is 142 Å². The van der Waals surface area contributed by atoms with E-state index >= 15 is 0 Å². The summed E-state index contributed by atoms with van der Waals surface area (Å²) >= 11 is 0. The number of rotatable bonds is 28. The number of nitrogens with zero attached hydrogens (tertiary/aromatic N) is 4. The van der Waals surface area contributed by atoms with Crippen LogP contribution >= 0.6 is 0 Å². The molecule has 0 radical (unpaired) electrons. The minimum Gasteiger partial charge on any atom is -0.460 e. The maximum atomic E-state index is 12.7. The fourth-order valence-corrected chi connectivity index (χ4v) is 14.1. The second kappa shape index (κ2) is 38.8. The van der Waals surface area contributed by atoms with Crippen molar-refractivity contribution in [1.82, 2.24) is 19.6 Å². The van der Waals surface area contributed by atoms with Gasteiger partial charge < -0.3 is 48.2 Å². The third-order valence-corrected chi connectivity index (χ3v) is 23.1. The highest BCUT2D eigenvalue weighted by atomic mass is 28.4. The predicted molar refractivity (Wildman–Crippen MR) is 420 cm³/mol. The molecule has 3 N–H and O–H groups in total. The summed E-state index contributed by atoms with van der Waals surface area (Å²) < 4.78 is 39.2. The lowest BCUT2D eigenvalue weighted by Crippen LogP contribution is -2.46. The molecule has 1 saturated heterocycles. The van der Waals surface area contributed by atoms with Crippen molar-refractivity contribution < 1.29 is 115 Å². The predicted octanol–water partition coefficient (Wildman–Crippen LogP) is 11.3. The van der Waals surface area contributed by atoms with Crippen molar-refractivity contribution in [2.24, 2.45) is 0 Å². The Labute approximate surface area is 668 Å². The highest BCUT2D eigenvalue weighted by Crippen LogP contribution is 2.39. The highest BCUT2D eigenvalue weighted by molar-refractivity contribution is 6.74. The fraction of sp³-hybridized carbons (Fsp3) is 0.553. The van der Waals surface area contributed by atoms with Crippen LogP contribution in [-0.2, 0) is 61.6 Å². The number of fused-ring (bicyclic) bond motifs is 4. The van der Waals surface area contributed by atoms with E-state index < -0.39 is 103 Å². The lowest BCUT2D eigenvalue weighted by Gasteiger charge is -2.41. The maximum absolute atomic E-state index is 12.7. The van der Waals surface area contributed by atoms with Crippen LogP contribution in [0.15, 0.2) is 97.1 Å². The topological polar surface area (TPSA) is 377 Å². The summed E-state index contributed by atoms with van der Waals surface area (Å²) in [5.41, 5.74) is 0.526. The number of hydrogen-bond acceptors (Lipinski definition) is 24. The van der Waals surface area contributed by atoms with Crippen molar-refractivity contribution in [1.29, 1.82) is 0 Å². The summed E-state index contributed by atoms with van der Waals surface area (Å²) in [6, 6.07) is 26.7. The molecule has 0 bridgehead atoms. The van der Waals surface area contributed by atoms with E-state index in [1.807, 2.05) is 20.8 Å². The molecule has 29 heteroatoms. The lowest BCUT2D eigenvalue weighted by atomic mass is 10.0. The third kappa shape index (κ3) is 28.0. The standard InChI is InChI=1S/C25H37NO6Si.C22H29NO6.C19H25NO6.C19H23NO6/c1-24(2,3)31-21(28)16-17(27)15-18(32-33(7,8)25(4,5)6)13-14-26-22(29)19-11-9-10-12-20(19)23(26)30;1-21(2,3)29-18(24)13-15-12-14(27-22(4,5)28-15)10-11-23-19(25)16-8-6-7-9-17(16)20(23)26;2*1-19(2,3)26-16(23)11-13(22)10-12(21)8-9-20-17(24)14-6-4-5-7-15(14)18(20)25/h9-12,18H,13-16H2,1-8H3;6-9,14-15H,10-13H2,1-5H3;4-7,12-13,21-22H,8-11H2,1-3H3;4-7,12,21H,8-11H2,1-3H3/t18-;14-,15-;12-,13-;12-/m1111/s1. The first-order valence-corrected chi connectivity index (χ1v) is 41.3. The molecule has 6 atom stereocenters. The molecule has 1 fully saturated rings. The Morgan fingerprint density at radius 1 is 0.412 bits per heavy atom. The summed E-state index contributed by atoms with van der Waals surface area (Å²) in [7, 11) is -2.24. The van der Waals surface area contributed by atoms with Gasteiger partial charge in [0, 0.05) is 45.4 Å². The zero-order chi connectivity index (χ0) is 85.6. The molecule has 0 unspecified atom stereocenters. The van der Waals surface area contributed by atoms with Gasteiger partial charge in [0.2, 0.25) is 0 Å². The van der Waals surface area contributed by atoms with E-state index in [9.17, 15) is 82.4 Å². The van der Waals surface area contributed by atoms with E-state index in [1.165, 1.54) is 9.80 Å². The fourth-order valence-electron chi connectivity index (χ4n) is 12.7. The number of carbonyl (C=O) groups is 14. The number of ketones is 2. The number of ether oxygens (including phenoxy) is 6. The van der Waals surface area contributed by atoms with Crippen LogP contribution in [0.4, 0.5) is 0 Å². The van der Waals surface area contributed by atoms with Gasteiger partial charge in [-0.1, -0.05) is 69.3 Å². The molecule has 5 heterocycles. The number of aliphatic hydroxyl groups is 3. The maximum Gasteiger partial charge on any atom is 0.313 e. The summed E-state index contributed by atoms with van der Waals surface area (Å²) in [5, 5.41) is 29.9. The largest absolute Gasteiger partial charge is 0.460 e. The smallest absolute Gasteiger partial charge is 0.313 e. The molecule has 5 aliphatic rings. The minimum absolute atomic E-state index is 0.00717. The molecule has 114 heavy (non-hydrogen) atoms. The Morgan fingerprint density at radius 2 is 0.711 bits per heavy atom. The number of amides is 8. The van der Waals surface area contributed by atoms with Gasteiger partial charge in [-0.15, -0.1) is 0 Å². The summed E-state index contributed by atoms with van der Waals surface area (Å²) in [6.07, 6.45) is -3.76. The number of Topliss-reactive ketones (excluding diaryl/α,β-unsaturated/α-hetero) is 2. The summed E-state index contributed by atoms with van der Waals surface area (Å²) in [5.74, 6) is -6.46. The number of esters is 4. The third-order valence-electron chi connectivity index (χ3n) is 18.6. The van der Waals surface area contributed by atoms with E-state index in [0.29, 0.717) is 63.8 Å². The second-order valence-electron chi connectivity index (χ2n) is 34.8. The molecule has 9 rings (SSSR count). The van der Waals surface area contributed by atoms with E-state index in [4.69, 9.17) is 32.8 Å². The minimum atomic E-state index is -2.24. The van der Waals surface area contributed by atoms with Crippen molar-refractivity contribution >= 4 is 91.0 Å². The van der Waals surface area contributed by atoms with Crippen LogP contribution in [0.1, 0.15) is 278 Å². The monoisotopic (exact) mass is 1600 g/mol. The van der Waals surface area contributed by atoms with Gasteiger partial charge in [0.25, 0.3) is 47.3 Å². The first kappa shape index (κ1) is 93.5. The van der Waals surface area contributed by atoms with Crippen LogP contribution < -0.4 is 0 Å². The van der Waals surface area contributed by atoms with Crippen LogP contribution in [0, 0.1) is 0 Å². The molecule has 0 saturated carbocycles. The zero-order valence-electron chi connectivity index (χ0n) is 69.2. The molecule has 4 aromatic rings. The number of aliphatic hydroxyl groups excluding tert-OH is 3. The Balaban J connectivity index is 0.000000238. The molecule has 0 aliphatic carbocycles. The van der Waals surface area contributed by atoms with Gasteiger partial charge in [0.15, 0.2) is 14.1 Å². The molecule has 0 spiro atoms. The van der Waals surface area contributed by atoms with Crippen LogP contribution in [0.2, 0.25) is 18.1 Å². The van der Waals surface area contributed by atoms with Crippen LogP contribution in [-0.4, -0.2) is 217 Å². The highest BCUT2D eigenvalue weighted by Gasteiger charge is 2.44. The summed E-state index contributed by atoms with van der Waals surface area (Å²) in [6.45, 7) is 35.5. The van der Waals surface area contributed by atoms with Crippen molar-refractivity contribution in [3.63, 3.8) is 0 Å². The lowest BCUT2D eigenvalue weighted by molar-refractivity contribution is -0.300. The molecule has 8 amide bonds. The van der Waals surface area contributed by atoms with Gasteiger partial charge in [0.1, 0.15) is 46.8 Å². The molecular formula is C85H114N4O24Si. The Hall–Kier alpha value is -9.36. The quantitative estimate of drug-likeness (QED) is 0.0156. The number of benzene rings is 4. The zero-order valence-corrected chi connectivity index (χ0v) is 70.2. The number of imide groups is 4. The SMILES string of the molecule is CC(C)(C)OC(=O)CC(=O)C[C@@H](CCN1C(=O)c2ccccc2C1=O)O[Si](C)(C)C(C)(C)C.CC(C)(C)OC(=O)CC(=O)C[C@H](O)CCN1C(=O)c2ccccc2C1=O.CC(C)(C)OC(=O)C[C@H](O)C[C@H](O)CCN1C(=O)c2ccccc2C1=O.CC(C)(C)OC(=O)C[C@H]1C[C@@H](CCN2C(=O)c3ccccc3C2=O)OC(C)(C)O1. The molecule has 28 nitrogen and oxygen atoms in total. The van der Waals surface area contributed by atoms with Gasteiger partial charge >= 0.3 is 23.9 Å². The van der Waals surface area contributed by atoms with E-state index in [2.05, 4.69) is 33.9 Å². The normalized spacial score (nSPS) is 17.7. The van der Waals surface area contributed by atoms with Gasteiger partial charge in [-0.3, -0.25) is 86.7 Å². The molecular weight excluding hydrogens is 1490 g/mol. The first-order valence-electron chi connectivity index (χ1n) is 38.4. The Bertz CT molecular complexity index is 4090. The van der Waals surface area contributed by atoms with Gasteiger partial charge in [0.05, 0.1) is 94.0 Å². The Kier molecular flexibility index (Phi) is 31.9. The number of hydrogen-bond donors (Lipinski definition) is 3. The average molecular weight is 1600 g/mol. The number of carbonyl (C=O) groups excluding carboxylic acids is 14. The van der Waals surface area contributed by atoms with Gasteiger partial charge in [-0.05, 0) is 196 Å². The van der Waals surface area contributed by atoms with Crippen LogP contribution in [0.25, 0.3) is 0 Å². The first-order chi connectivity index (χ1) is 52.6. The van der Waals surface area contributed by atoms with E-state index in [1.54, 1.807) is 173 Å². The van der Waals surface area contributed by atoms with E-state index in [0.717, 1.165) is 9.80 Å².